The standard InChI is InChI=1S/C9H15FO5/c1-9(2)14-7-5(10)6(4(12)3-11)13-8(7)15-9/h4-8,11-12H,3H2,1-2H3/t4-,5+,6+,7-,8-/m1/s1. The van der Waals surface area contributed by atoms with Crippen molar-refractivity contribution in [1.29, 1.82) is 0 Å². The highest BCUT2D eigenvalue weighted by Crippen LogP contribution is 2.39. The van der Waals surface area contributed by atoms with E-state index in [1.165, 1.54) is 0 Å². The molecule has 0 aliphatic carbocycles. The summed E-state index contributed by atoms with van der Waals surface area (Å²) in [5.41, 5.74) is 0. The van der Waals surface area contributed by atoms with Crippen molar-refractivity contribution in [3.63, 3.8) is 0 Å². The average molecular weight is 222 g/mol. The zero-order valence-corrected chi connectivity index (χ0v) is 8.59. The molecule has 0 unspecified atom stereocenters. The topological polar surface area (TPSA) is 68.2 Å². The summed E-state index contributed by atoms with van der Waals surface area (Å²) in [5.74, 6) is -0.866. The van der Waals surface area contributed by atoms with Crippen LogP contribution in [0.4, 0.5) is 4.39 Å². The molecule has 2 heterocycles. The predicted molar refractivity (Wildman–Crippen MR) is 46.7 cm³/mol. The molecule has 0 spiro atoms. The van der Waals surface area contributed by atoms with Gasteiger partial charge in [0.25, 0.3) is 0 Å². The van der Waals surface area contributed by atoms with Gasteiger partial charge < -0.3 is 24.4 Å². The molecule has 0 amide bonds. The molecular weight excluding hydrogens is 207 g/mol. The molecule has 5 atom stereocenters. The minimum atomic E-state index is -1.49. The minimum Gasteiger partial charge on any atom is -0.394 e. The van der Waals surface area contributed by atoms with Gasteiger partial charge in [0.15, 0.2) is 18.2 Å². The molecular formula is C9H15FO5. The van der Waals surface area contributed by atoms with Crippen molar-refractivity contribution >= 4 is 0 Å². The molecule has 5 nitrogen and oxygen atoms in total. The monoisotopic (exact) mass is 222 g/mol. The molecule has 2 fully saturated rings. The number of hydrogen-bond acceptors (Lipinski definition) is 5. The maximum Gasteiger partial charge on any atom is 0.190 e. The highest BCUT2D eigenvalue weighted by atomic mass is 19.1. The fraction of sp³-hybridized carbons (Fsp3) is 1.00. The average Bonchev–Trinajstić information content (AvgIpc) is 2.60. The zero-order chi connectivity index (χ0) is 11.2. The molecule has 88 valence electrons. The Morgan fingerprint density at radius 3 is 2.60 bits per heavy atom. The third-order valence-corrected chi connectivity index (χ3v) is 2.57. The summed E-state index contributed by atoms with van der Waals surface area (Å²) in [6.07, 6.45) is -5.45. The number of fused-ring (bicyclic) bond motifs is 1. The second kappa shape index (κ2) is 3.64. The quantitative estimate of drug-likeness (QED) is 0.662. The lowest BCUT2D eigenvalue weighted by molar-refractivity contribution is -0.222. The number of alkyl halides is 1. The summed E-state index contributed by atoms with van der Waals surface area (Å²) in [5, 5.41) is 18.0. The minimum absolute atomic E-state index is 0.548. The summed E-state index contributed by atoms with van der Waals surface area (Å²) >= 11 is 0. The third-order valence-electron chi connectivity index (χ3n) is 2.57. The number of halogens is 1. The molecule has 0 radical (unpaired) electrons. The Hall–Kier alpha value is -0.270. The van der Waals surface area contributed by atoms with Crippen LogP contribution >= 0.6 is 0 Å². The van der Waals surface area contributed by atoms with Gasteiger partial charge in [0.1, 0.15) is 18.3 Å². The van der Waals surface area contributed by atoms with Crippen LogP contribution in [-0.4, -0.2) is 53.4 Å². The van der Waals surface area contributed by atoms with E-state index in [0.717, 1.165) is 0 Å². The Bertz CT molecular complexity index is 247. The van der Waals surface area contributed by atoms with E-state index in [9.17, 15) is 9.50 Å². The molecule has 2 aliphatic rings. The van der Waals surface area contributed by atoms with Crippen molar-refractivity contribution in [2.45, 2.75) is 50.4 Å². The van der Waals surface area contributed by atoms with Crippen LogP contribution in [0.25, 0.3) is 0 Å². The molecule has 2 saturated heterocycles. The van der Waals surface area contributed by atoms with E-state index in [1.807, 2.05) is 0 Å². The lowest BCUT2D eigenvalue weighted by Crippen LogP contribution is -2.40. The van der Waals surface area contributed by atoms with Gasteiger partial charge in [-0.1, -0.05) is 0 Å². The van der Waals surface area contributed by atoms with Gasteiger partial charge in [-0.05, 0) is 13.8 Å². The van der Waals surface area contributed by atoms with E-state index in [4.69, 9.17) is 19.3 Å². The van der Waals surface area contributed by atoms with Crippen LogP contribution in [-0.2, 0) is 14.2 Å². The maximum absolute atomic E-state index is 13.7. The number of aliphatic hydroxyl groups is 2. The van der Waals surface area contributed by atoms with Gasteiger partial charge in [-0.2, -0.15) is 0 Å². The highest BCUT2D eigenvalue weighted by molar-refractivity contribution is 4.95. The van der Waals surface area contributed by atoms with Crippen LogP contribution in [0, 0.1) is 0 Å². The van der Waals surface area contributed by atoms with E-state index in [2.05, 4.69) is 0 Å². The zero-order valence-electron chi connectivity index (χ0n) is 8.59. The van der Waals surface area contributed by atoms with Crippen LogP contribution in [0.5, 0.6) is 0 Å². The Kier molecular flexibility index (Phi) is 2.72. The molecule has 2 N–H and O–H groups in total. The molecule has 0 bridgehead atoms. The highest BCUT2D eigenvalue weighted by Gasteiger charge is 2.56. The summed E-state index contributed by atoms with van der Waals surface area (Å²) < 4.78 is 29.5. The lowest BCUT2D eigenvalue weighted by atomic mass is 10.1. The molecule has 6 heteroatoms. The van der Waals surface area contributed by atoms with Crippen molar-refractivity contribution in [2.24, 2.45) is 0 Å². The van der Waals surface area contributed by atoms with Gasteiger partial charge in [0.05, 0.1) is 6.61 Å². The number of ether oxygens (including phenoxy) is 3. The first kappa shape index (κ1) is 11.2. The number of hydrogen-bond donors (Lipinski definition) is 2. The molecule has 0 saturated carbocycles. The predicted octanol–water partition coefficient (Wildman–Crippen LogP) is -0.446. The van der Waals surface area contributed by atoms with Crippen LogP contribution < -0.4 is 0 Å². The smallest absolute Gasteiger partial charge is 0.190 e. The molecule has 0 aromatic heterocycles. The van der Waals surface area contributed by atoms with Gasteiger partial charge in [0, 0.05) is 0 Å². The van der Waals surface area contributed by atoms with Crippen molar-refractivity contribution in [3.8, 4) is 0 Å². The fourth-order valence-electron chi connectivity index (χ4n) is 1.90. The summed E-state index contributed by atoms with van der Waals surface area (Å²) in [6, 6.07) is 0. The van der Waals surface area contributed by atoms with E-state index in [-0.39, 0.29) is 0 Å². The summed E-state index contributed by atoms with van der Waals surface area (Å²) in [6.45, 7) is 2.78. The fourth-order valence-corrected chi connectivity index (χ4v) is 1.90. The van der Waals surface area contributed by atoms with Crippen molar-refractivity contribution in [2.75, 3.05) is 6.61 Å². The van der Waals surface area contributed by atoms with Crippen molar-refractivity contribution in [1.82, 2.24) is 0 Å². The van der Waals surface area contributed by atoms with E-state index < -0.39 is 43.2 Å². The first-order chi connectivity index (χ1) is 6.94. The van der Waals surface area contributed by atoms with E-state index in [1.54, 1.807) is 13.8 Å². The number of rotatable bonds is 2. The van der Waals surface area contributed by atoms with Crippen molar-refractivity contribution in [3.05, 3.63) is 0 Å². The maximum atomic E-state index is 13.7. The Morgan fingerprint density at radius 1 is 1.40 bits per heavy atom. The second-order valence-electron chi connectivity index (χ2n) is 4.26. The Morgan fingerprint density at radius 2 is 2.07 bits per heavy atom. The molecule has 0 aromatic carbocycles. The molecule has 2 aliphatic heterocycles. The molecule has 0 aromatic rings. The summed E-state index contributed by atoms with van der Waals surface area (Å²) in [4.78, 5) is 0. The molecule has 15 heavy (non-hydrogen) atoms. The molecule has 2 rings (SSSR count). The SMILES string of the molecule is CC1(C)O[C@H]2O[C@@H]([C@H](O)CO)[C@H](F)[C@H]2O1. The van der Waals surface area contributed by atoms with Crippen LogP contribution in [0.3, 0.4) is 0 Å². The van der Waals surface area contributed by atoms with Crippen LogP contribution in [0.1, 0.15) is 13.8 Å². The van der Waals surface area contributed by atoms with Gasteiger partial charge in [0.2, 0.25) is 0 Å². The van der Waals surface area contributed by atoms with Crippen LogP contribution in [0.2, 0.25) is 0 Å². The third kappa shape index (κ3) is 1.88. The van der Waals surface area contributed by atoms with Gasteiger partial charge in [-0.25, -0.2) is 4.39 Å². The van der Waals surface area contributed by atoms with E-state index >= 15 is 0 Å². The Labute approximate surface area is 86.7 Å². The van der Waals surface area contributed by atoms with Crippen molar-refractivity contribution < 1.29 is 28.8 Å². The first-order valence-electron chi connectivity index (χ1n) is 4.89. The second-order valence-corrected chi connectivity index (χ2v) is 4.26. The number of aliphatic hydroxyl groups excluding tert-OH is 2. The summed E-state index contributed by atoms with van der Waals surface area (Å²) in [7, 11) is 0. The van der Waals surface area contributed by atoms with Gasteiger partial charge >= 0.3 is 0 Å². The largest absolute Gasteiger partial charge is 0.394 e. The first-order valence-corrected chi connectivity index (χ1v) is 4.89. The van der Waals surface area contributed by atoms with Crippen LogP contribution in [0.15, 0.2) is 0 Å². The van der Waals surface area contributed by atoms with E-state index in [0.29, 0.717) is 0 Å². The Balaban J connectivity index is 2.05. The van der Waals surface area contributed by atoms with Gasteiger partial charge in [-0.3, -0.25) is 0 Å². The van der Waals surface area contributed by atoms with Gasteiger partial charge in [-0.15, -0.1) is 0 Å². The normalized spacial score (nSPS) is 45.4. The lowest BCUT2D eigenvalue weighted by Gasteiger charge is -2.23.